The average molecular weight is 452 g/mol. The van der Waals surface area contributed by atoms with Crippen molar-refractivity contribution in [3.05, 3.63) is 71.0 Å². The number of amides is 1. The molecule has 1 aromatic heterocycles. The molecule has 0 atom stereocenters. The van der Waals surface area contributed by atoms with Crippen molar-refractivity contribution in [1.82, 2.24) is 14.5 Å². The van der Waals surface area contributed by atoms with E-state index >= 15 is 0 Å². The van der Waals surface area contributed by atoms with Crippen LogP contribution in [-0.4, -0.2) is 45.9 Å². The standard InChI is InChI=1S/C24H25N3O4S/c1-3-11-27-23(29)18-7-5-6-8-19(18)25-24(27)32-16-22(28)26(4-2)15-17-9-10-20-21(14-17)31-13-12-30-20/h3,5-10,14H,1,4,11-13,15-16H2,2H3. The summed E-state index contributed by atoms with van der Waals surface area (Å²) in [5.41, 5.74) is 1.47. The van der Waals surface area contributed by atoms with Crippen LogP contribution in [0.25, 0.3) is 10.9 Å². The van der Waals surface area contributed by atoms with Crippen molar-refractivity contribution in [3.63, 3.8) is 0 Å². The summed E-state index contributed by atoms with van der Waals surface area (Å²) in [5, 5.41) is 1.07. The van der Waals surface area contributed by atoms with Gasteiger partial charge in [0.25, 0.3) is 5.56 Å². The van der Waals surface area contributed by atoms with Crippen LogP contribution in [0.15, 0.2) is 65.1 Å². The van der Waals surface area contributed by atoms with Crippen molar-refractivity contribution in [2.24, 2.45) is 0 Å². The van der Waals surface area contributed by atoms with Gasteiger partial charge in [0.05, 0.1) is 16.7 Å². The molecule has 4 rings (SSSR count). The molecule has 0 spiro atoms. The van der Waals surface area contributed by atoms with Crippen LogP contribution in [0, 0.1) is 0 Å². The van der Waals surface area contributed by atoms with Gasteiger partial charge in [-0.25, -0.2) is 4.98 Å². The van der Waals surface area contributed by atoms with Gasteiger partial charge >= 0.3 is 0 Å². The minimum atomic E-state index is -0.130. The number of hydrogen-bond donors (Lipinski definition) is 0. The Morgan fingerprint density at radius 3 is 2.78 bits per heavy atom. The summed E-state index contributed by atoms with van der Waals surface area (Å²) in [7, 11) is 0. The van der Waals surface area contributed by atoms with Gasteiger partial charge in [-0.15, -0.1) is 6.58 Å². The lowest BCUT2D eigenvalue weighted by molar-refractivity contribution is -0.128. The van der Waals surface area contributed by atoms with Crippen molar-refractivity contribution in [1.29, 1.82) is 0 Å². The van der Waals surface area contributed by atoms with Crippen LogP contribution in [0.5, 0.6) is 11.5 Å². The maximum atomic E-state index is 13.0. The highest BCUT2D eigenvalue weighted by Crippen LogP contribution is 2.31. The van der Waals surface area contributed by atoms with Gasteiger partial charge in [0, 0.05) is 19.6 Å². The lowest BCUT2D eigenvalue weighted by atomic mass is 10.2. The first kappa shape index (κ1) is 22.0. The van der Waals surface area contributed by atoms with Gasteiger partial charge in [-0.2, -0.15) is 0 Å². The van der Waals surface area contributed by atoms with Gasteiger partial charge in [0.15, 0.2) is 16.7 Å². The molecule has 32 heavy (non-hydrogen) atoms. The van der Waals surface area contributed by atoms with Gasteiger partial charge in [0.2, 0.25) is 5.91 Å². The molecule has 0 bridgehead atoms. The molecular weight excluding hydrogens is 426 g/mol. The Bertz CT molecular complexity index is 1210. The molecule has 1 aliphatic rings. The van der Waals surface area contributed by atoms with Crippen LogP contribution in [0.4, 0.5) is 0 Å². The van der Waals surface area contributed by atoms with Crippen LogP contribution >= 0.6 is 11.8 Å². The van der Waals surface area contributed by atoms with E-state index < -0.39 is 0 Å². The van der Waals surface area contributed by atoms with E-state index in [1.54, 1.807) is 27.7 Å². The Hall–Kier alpha value is -3.26. The highest BCUT2D eigenvalue weighted by atomic mass is 32.2. The molecule has 1 aliphatic heterocycles. The summed E-state index contributed by atoms with van der Waals surface area (Å²) in [6, 6.07) is 13.0. The van der Waals surface area contributed by atoms with Gasteiger partial charge in [0.1, 0.15) is 13.2 Å². The Labute approximate surface area is 190 Å². The second-order valence-corrected chi connectivity index (χ2v) is 8.23. The van der Waals surface area contributed by atoms with Crippen LogP contribution < -0.4 is 15.0 Å². The maximum Gasteiger partial charge on any atom is 0.262 e. The summed E-state index contributed by atoms with van der Waals surface area (Å²) in [5.74, 6) is 1.59. The molecule has 0 radical (unpaired) electrons. The summed E-state index contributed by atoms with van der Waals surface area (Å²) in [4.78, 5) is 32.2. The van der Waals surface area contributed by atoms with Crippen LogP contribution in [0.2, 0.25) is 0 Å². The second-order valence-electron chi connectivity index (χ2n) is 7.29. The predicted octanol–water partition coefficient (Wildman–Crippen LogP) is 3.49. The number of aromatic nitrogens is 2. The van der Waals surface area contributed by atoms with Gasteiger partial charge < -0.3 is 14.4 Å². The van der Waals surface area contributed by atoms with Crippen molar-refractivity contribution in [2.45, 2.75) is 25.2 Å². The molecule has 0 N–H and O–H groups in total. The highest BCUT2D eigenvalue weighted by Gasteiger charge is 2.18. The van der Waals surface area contributed by atoms with Gasteiger partial charge in [-0.1, -0.05) is 36.0 Å². The SMILES string of the molecule is C=CCn1c(SCC(=O)N(CC)Cc2ccc3c(c2)OCCO3)nc2ccccc2c1=O. The Kier molecular flexibility index (Phi) is 6.80. The van der Waals surface area contributed by atoms with E-state index in [0.717, 1.165) is 11.3 Å². The molecule has 0 saturated heterocycles. The van der Waals surface area contributed by atoms with Gasteiger partial charge in [-0.05, 0) is 36.8 Å². The quantitative estimate of drug-likeness (QED) is 0.297. The number of para-hydroxylation sites is 1. The number of thioether (sulfide) groups is 1. The predicted molar refractivity (Wildman–Crippen MR) is 125 cm³/mol. The molecule has 166 valence electrons. The van der Waals surface area contributed by atoms with Crippen LogP contribution in [0.1, 0.15) is 12.5 Å². The number of rotatable bonds is 8. The van der Waals surface area contributed by atoms with Crippen molar-refractivity contribution >= 4 is 28.6 Å². The average Bonchev–Trinajstić information content (AvgIpc) is 2.83. The first-order chi connectivity index (χ1) is 15.6. The largest absolute Gasteiger partial charge is 0.486 e. The number of hydrogen-bond acceptors (Lipinski definition) is 6. The molecule has 0 aliphatic carbocycles. The Morgan fingerprint density at radius 1 is 1.22 bits per heavy atom. The number of nitrogens with zero attached hydrogens (tertiary/aromatic N) is 3. The van der Waals surface area contributed by atoms with E-state index in [1.807, 2.05) is 37.3 Å². The van der Waals surface area contributed by atoms with Gasteiger partial charge in [-0.3, -0.25) is 14.2 Å². The number of ether oxygens (including phenoxy) is 2. The minimum Gasteiger partial charge on any atom is -0.486 e. The first-order valence-electron chi connectivity index (χ1n) is 10.5. The first-order valence-corrected chi connectivity index (χ1v) is 11.5. The summed E-state index contributed by atoms with van der Waals surface area (Å²) in [6.45, 7) is 8.13. The van der Waals surface area contributed by atoms with E-state index in [0.29, 0.717) is 54.7 Å². The number of carbonyl (C=O) groups is 1. The Balaban J connectivity index is 1.49. The number of fused-ring (bicyclic) bond motifs is 2. The molecule has 8 heteroatoms. The minimum absolute atomic E-state index is 0.0278. The van der Waals surface area contributed by atoms with Crippen molar-refractivity contribution in [2.75, 3.05) is 25.5 Å². The third kappa shape index (κ3) is 4.65. The highest BCUT2D eigenvalue weighted by molar-refractivity contribution is 7.99. The zero-order chi connectivity index (χ0) is 22.5. The monoisotopic (exact) mass is 451 g/mol. The third-order valence-electron chi connectivity index (χ3n) is 5.18. The fraction of sp³-hybridized carbons (Fsp3) is 0.292. The molecule has 3 aromatic rings. The number of carbonyl (C=O) groups excluding carboxylic acids is 1. The Morgan fingerprint density at radius 2 is 2.00 bits per heavy atom. The summed E-state index contributed by atoms with van der Waals surface area (Å²) < 4.78 is 12.8. The van der Waals surface area contributed by atoms with E-state index in [4.69, 9.17) is 9.47 Å². The smallest absolute Gasteiger partial charge is 0.262 e. The lowest BCUT2D eigenvalue weighted by Gasteiger charge is -2.23. The zero-order valence-corrected chi connectivity index (χ0v) is 18.8. The number of allylic oxidation sites excluding steroid dienone is 1. The fourth-order valence-electron chi connectivity index (χ4n) is 3.55. The number of benzene rings is 2. The normalized spacial score (nSPS) is 12.5. The van der Waals surface area contributed by atoms with Crippen LogP contribution in [0.3, 0.4) is 0 Å². The topological polar surface area (TPSA) is 73.7 Å². The lowest BCUT2D eigenvalue weighted by Crippen LogP contribution is -2.32. The molecular formula is C24H25N3O4S. The summed E-state index contributed by atoms with van der Waals surface area (Å²) >= 11 is 1.27. The molecule has 0 unspecified atom stereocenters. The summed E-state index contributed by atoms with van der Waals surface area (Å²) in [6.07, 6.45) is 1.66. The fourth-order valence-corrected chi connectivity index (χ4v) is 4.46. The molecule has 2 aromatic carbocycles. The molecule has 1 amide bonds. The van der Waals surface area contributed by atoms with Crippen LogP contribution in [-0.2, 0) is 17.9 Å². The van der Waals surface area contributed by atoms with Crippen molar-refractivity contribution < 1.29 is 14.3 Å². The van der Waals surface area contributed by atoms with E-state index in [-0.39, 0.29) is 17.2 Å². The molecule has 0 saturated carbocycles. The van der Waals surface area contributed by atoms with E-state index in [2.05, 4.69) is 11.6 Å². The van der Waals surface area contributed by atoms with E-state index in [1.165, 1.54) is 11.8 Å². The maximum absolute atomic E-state index is 13.0. The molecule has 2 heterocycles. The van der Waals surface area contributed by atoms with E-state index in [9.17, 15) is 9.59 Å². The molecule has 7 nitrogen and oxygen atoms in total. The third-order valence-corrected chi connectivity index (χ3v) is 6.14. The zero-order valence-electron chi connectivity index (χ0n) is 18.0. The molecule has 0 fully saturated rings. The van der Waals surface area contributed by atoms with Crippen molar-refractivity contribution in [3.8, 4) is 11.5 Å². The second kappa shape index (κ2) is 9.91.